The summed E-state index contributed by atoms with van der Waals surface area (Å²) >= 11 is 0. The van der Waals surface area contributed by atoms with Gasteiger partial charge in [0.2, 0.25) is 0 Å². The minimum absolute atomic E-state index is 0.0129. The fraction of sp³-hybridized carbons (Fsp3) is 0.333. The summed E-state index contributed by atoms with van der Waals surface area (Å²) in [5.41, 5.74) is 0.0366. The summed E-state index contributed by atoms with van der Waals surface area (Å²) < 4.78 is 5.22. The third-order valence-electron chi connectivity index (χ3n) is 2.37. The Balaban J connectivity index is 3.48. The van der Waals surface area contributed by atoms with Gasteiger partial charge in [-0.3, -0.25) is 0 Å². The van der Waals surface area contributed by atoms with Crippen LogP contribution in [0.2, 0.25) is 0 Å². The molecule has 0 aromatic heterocycles. The van der Waals surface area contributed by atoms with Gasteiger partial charge in [-0.05, 0) is 19.1 Å². The van der Waals surface area contributed by atoms with Gasteiger partial charge < -0.3 is 20.1 Å². The van der Waals surface area contributed by atoms with Gasteiger partial charge in [-0.1, -0.05) is 0 Å². The number of aliphatic hydroxyl groups is 1. The molecule has 6 nitrogen and oxygen atoms in total. The second-order valence-corrected chi connectivity index (χ2v) is 3.49. The van der Waals surface area contributed by atoms with Crippen molar-refractivity contribution in [2.24, 2.45) is 0 Å². The molecule has 1 aromatic carbocycles. The summed E-state index contributed by atoms with van der Waals surface area (Å²) in [6.07, 6.45) is 0.0259. The summed E-state index contributed by atoms with van der Waals surface area (Å²) in [6, 6.07) is 2.40. The molecule has 18 heavy (non-hydrogen) atoms. The Labute approximate surface area is 103 Å². The summed E-state index contributed by atoms with van der Waals surface area (Å²) in [5.74, 6) is -2.37. The number of aromatic carboxylic acids is 2. The van der Waals surface area contributed by atoms with Gasteiger partial charge in [0, 0.05) is 18.6 Å². The second-order valence-electron chi connectivity index (χ2n) is 3.49. The lowest BCUT2D eigenvalue weighted by molar-refractivity contribution is 0.0675. The van der Waals surface area contributed by atoms with Gasteiger partial charge >= 0.3 is 11.9 Å². The minimum Gasteiger partial charge on any atom is -0.493 e. The predicted octanol–water partition coefficient (Wildman–Crippen LogP) is 1.02. The van der Waals surface area contributed by atoms with Gasteiger partial charge in [0.15, 0.2) is 0 Å². The van der Waals surface area contributed by atoms with Crippen LogP contribution in [0.25, 0.3) is 0 Å². The highest BCUT2D eigenvalue weighted by atomic mass is 16.5. The molecule has 1 rings (SSSR count). The van der Waals surface area contributed by atoms with E-state index in [4.69, 9.17) is 20.1 Å². The molecule has 0 aliphatic carbocycles. The first-order chi connectivity index (χ1) is 8.52. The van der Waals surface area contributed by atoms with E-state index in [9.17, 15) is 9.59 Å². The summed E-state index contributed by atoms with van der Waals surface area (Å²) in [7, 11) is 0. The maximum absolute atomic E-state index is 11.0. The van der Waals surface area contributed by atoms with Crippen molar-refractivity contribution in [3.8, 4) is 5.75 Å². The van der Waals surface area contributed by atoms with Crippen molar-refractivity contribution in [1.82, 2.24) is 0 Å². The van der Waals surface area contributed by atoms with Crippen LogP contribution in [0.4, 0.5) is 0 Å². The molecule has 0 radical (unpaired) electrons. The van der Waals surface area contributed by atoms with Gasteiger partial charge in [0.1, 0.15) is 11.3 Å². The lowest BCUT2D eigenvalue weighted by Gasteiger charge is -2.14. The number of rotatable bonds is 6. The van der Waals surface area contributed by atoms with Crippen molar-refractivity contribution in [2.75, 3.05) is 13.2 Å². The number of carboxylic acids is 2. The summed E-state index contributed by atoms with van der Waals surface area (Å²) in [5, 5.41) is 27.0. The molecule has 0 bridgehead atoms. The average molecular weight is 254 g/mol. The molecule has 0 spiro atoms. The number of benzene rings is 1. The normalized spacial score (nSPS) is 10.1. The highest BCUT2D eigenvalue weighted by molar-refractivity contribution is 5.96. The van der Waals surface area contributed by atoms with Crippen LogP contribution in [0.15, 0.2) is 12.1 Å². The fourth-order valence-electron chi connectivity index (χ4n) is 1.67. The first kappa shape index (κ1) is 14.0. The highest BCUT2D eigenvalue weighted by Crippen LogP contribution is 2.28. The molecule has 0 atom stereocenters. The molecule has 0 saturated heterocycles. The molecule has 0 aliphatic rings. The summed E-state index contributed by atoms with van der Waals surface area (Å²) in [4.78, 5) is 22.1. The number of ether oxygens (including phenoxy) is 1. The van der Waals surface area contributed by atoms with Crippen LogP contribution in [0.1, 0.15) is 33.2 Å². The van der Waals surface area contributed by atoms with Crippen molar-refractivity contribution in [3.63, 3.8) is 0 Å². The zero-order valence-corrected chi connectivity index (χ0v) is 9.84. The monoisotopic (exact) mass is 254 g/mol. The first-order valence-electron chi connectivity index (χ1n) is 5.39. The van der Waals surface area contributed by atoms with Gasteiger partial charge in [-0.25, -0.2) is 9.59 Å². The zero-order valence-electron chi connectivity index (χ0n) is 9.84. The van der Waals surface area contributed by atoms with Crippen LogP contribution < -0.4 is 4.74 Å². The Bertz CT molecular complexity index is 423. The fourth-order valence-corrected chi connectivity index (χ4v) is 1.67. The Morgan fingerprint density at radius 3 is 2.17 bits per heavy atom. The SMILES string of the molecule is CCOc1c(C(=O)O)ccc(C(=O)O)c1CCO. The molecular formula is C12H14O6. The van der Waals surface area contributed by atoms with E-state index in [0.717, 1.165) is 0 Å². The third kappa shape index (κ3) is 2.78. The quantitative estimate of drug-likeness (QED) is 0.700. The van der Waals surface area contributed by atoms with Crippen LogP contribution in [0.5, 0.6) is 5.75 Å². The highest BCUT2D eigenvalue weighted by Gasteiger charge is 2.21. The molecule has 6 heteroatoms. The van der Waals surface area contributed by atoms with Crippen molar-refractivity contribution >= 4 is 11.9 Å². The minimum atomic E-state index is -1.20. The van der Waals surface area contributed by atoms with Crippen molar-refractivity contribution < 1.29 is 29.6 Å². The number of hydrogen-bond acceptors (Lipinski definition) is 4. The average Bonchev–Trinajstić information content (AvgIpc) is 2.30. The lowest BCUT2D eigenvalue weighted by atomic mass is 9.99. The van der Waals surface area contributed by atoms with Gasteiger partial charge in [-0.2, -0.15) is 0 Å². The smallest absolute Gasteiger partial charge is 0.339 e. The van der Waals surface area contributed by atoms with Gasteiger partial charge in [0.05, 0.1) is 12.2 Å². The molecule has 0 unspecified atom stereocenters. The molecule has 98 valence electrons. The van der Waals surface area contributed by atoms with Crippen molar-refractivity contribution in [2.45, 2.75) is 13.3 Å². The van der Waals surface area contributed by atoms with Gasteiger partial charge in [0.25, 0.3) is 0 Å². The first-order valence-corrected chi connectivity index (χ1v) is 5.39. The largest absolute Gasteiger partial charge is 0.493 e. The van der Waals surface area contributed by atoms with E-state index in [1.807, 2.05) is 0 Å². The lowest BCUT2D eigenvalue weighted by Crippen LogP contribution is -2.12. The third-order valence-corrected chi connectivity index (χ3v) is 2.37. The Morgan fingerprint density at radius 1 is 1.17 bits per heavy atom. The topological polar surface area (TPSA) is 104 Å². The van der Waals surface area contributed by atoms with Crippen molar-refractivity contribution in [1.29, 1.82) is 0 Å². The van der Waals surface area contributed by atoms with E-state index in [2.05, 4.69) is 0 Å². The van der Waals surface area contributed by atoms with E-state index >= 15 is 0 Å². The van der Waals surface area contributed by atoms with E-state index in [1.54, 1.807) is 6.92 Å². The van der Waals surface area contributed by atoms with Crippen LogP contribution >= 0.6 is 0 Å². The van der Waals surface area contributed by atoms with E-state index in [0.29, 0.717) is 0 Å². The molecular weight excluding hydrogens is 240 g/mol. The maximum Gasteiger partial charge on any atom is 0.339 e. The maximum atomic E-state index is 11.0. The van der Waals surface area contributed by atoms with Crippen molar-refractivity contribution in [3.05, 3.63) is 28.8 Å². The number of carbonyl (C=O) groups is 2. The van der Waals surface area contributed by atoms with E-state index in [-0.39, 0.29) is 42.1 Å². The molecule has 1 aromatic rings. The van der Waals surface area contributed by atoms with Gasteiger partial charge in [-0.15, -0.1) is 0 Å². The number of carboxylic acid groups (broad SMARTS) is 2. The molecule has 0 aliphatic heterocycles. The Kier molecular flexibility index (Phi) is 4.67. The number of hydrogen-bond donors (Lipinski definition) is 3. The summed E-state index contributed by atoms with van der Waals surface area (Å²) in [6.45, 7) is 1.59. The van der Waals surface area contributed by atoms with Crippen LogP contribution in [-0.4, -0.2) is 40.5 Å². The van der Waals surface area contributed by atoms with E-state index in [1.165, 1.54) is 12.1 Å². The standard InChI is InChI=1S/C12H14O6/c1-2-18-10-7(5-6-13)8(11(14)15)3-4-9(10)12(16)17/h3-4,13H,2,5-6H2,1H3,(H,14,15)(H,16,17). The number of aliphatic hydroxyl groups excluding tert-OH is 1. The van der Waals surface area contributed by atoms with Crippen LogP contribution in [0, 0.1) is 0 Å². The molecule has 0 heterocycles. The van der Waals surface area contributed by atoms with Crippen LogP contribution in [0.3, 0.4) is 0 Å². The molecule has 0 amide bonds. The molecule has 0 fully saturated rings. The van der Waals surface area contributed by atoms with E-state index < -0.39 is 11.9 Å². The van der Waals surface area contributed by atoms with Crippen LogP contribution in [-0.2, 0) is 6.42 Å². The predicted molar refractivity (Wildman–Crippen MR) is 62.3 cm³/mol. The molecule has 3 N–H and O–H groups in total. The Hall–Kier alpha value is -2.08. The zero-order chi connectivity index (χ0) is 13.7. The Morgan fingerprint density at radius 2 is 1.72 bits per heavy atom. The second kappa shape index (κ2) is 6.02. The molecule has 0 saturated carbocycles.